The largest absolute Gasteiger partial charge is 0.488 e. The first-order chi connectivity index (χ1) is 31.9. The summed E-state index contributed by atoms with van der Waals surface area (Å²) in [6, 6.07) is 8.80. The van der Waals surface area contributed by atoms with E-state index in [2.05, 4.69) is 50.9 Å². The highest BCUT2D eigenvalue weighted by atomic mass is 16.5. The first kappa shape index (κ1) is 45.3. The molecule has 4 amide bonds. The zero-order chi connectivity index (χ0) is 46.2. The van der Waals surface area contributed by atoms with Gasteiger partial charge in [-0.3, -0.25) is 9.59 Å². The van der Waals surface area contributed by atoms with E-state index in [9.17, 15) is 19.2 Å². The van der Waals surface area contributed by atoms with Crippen molar-refractivity contribution < 1.29 is 38.1 Å². The normalized spacial score (nSPS) is 20.9. The fraction of sp³-hybridized carbons (Fsp3) is 0.560. The predicted octanol–water partition coefficient (Wildman–Crippen LogP) is 7.65. The van der Waals surface area contributed by atoms with Crippen molar-refractivity contribution in [2.24, 2.45) is 23.7 Å². The highest BCUT2D eigenvalue weighted by Crippen LogP contribution is 2.46. The lowest BCUT2D eigenvalue weighted by atomic mass is 9.86. The van der Waals surface area contributed by atoms with Crippen LogP contribution in [0, 0.1) is 23.7 Å². The number of imidazole rings is 2. The fourth-order valence-electron chi connectivity index (χ4n) is 10.8. The molecule has 0 spiro atoms. The summed E-state index contributed by atoms with van der Waals surface area (Å²) in [6.07, 6.45) is 9.41. The molecule has 4 N–H and O–H groups in total. The maximum atomic E-state index is 14.3. The summed E-state index contributed by atoms with van der Waals surface area (Å²) in [7, 11) is 2.60. The Morgan fingerprint density at radius 1 is 0.773 bits per heavy atom. The number of aromatic amines is 2. The third kappa shape index (κ3) is 9.00. The average Bonchev–Trinajstić information content (AvgIpc) is 4.18. The minimum atomic E-state index is -0.745. The molecule has 16 nitrogen and oxygen atoms in total. The number of ether oxygens (including phenoxy) is 4. The first-order valence-corrected chi connectivity index (χ1v) is 23.9. The molecule has 66 heavy (non-hydrogen) atoms. The fourth-order valence-corrected chi connectivity index (χ4v) is 10.8. The van der Waals surface area contributed by atoms with Gasteiger partial charge in [0.2, 0.25) is 11.8 Å². The van der Waals surface area contributed by atoms with Gasteiger partial charge in [-0.1, -0.05) is 52.7 Å². The molecule has 3 aliphatic heterocycles. The van der Waals surface area contributed by atoms with E-state index in [1.165, 1.54) is 45.5 Å². The zero-order valence-corrected chi connectivity index (χ0v) is 39.0. The summed E-state index contributed by atoms with van der Waals surface area (Å²) < 4.78 is 22.5. The predicted molar refractivity (Wildman–Crippen MR) is 246 cm³/mol. The van der Waals surface area contributed by atoms with Crippen molar-refractivity contribution in [3.63, 3.8) is 0 Å². The Bertz CT molecular complexity index is 2450. The number of aromatic nitrogens is 4. The summed E-state index contributed by atoms with van der Waals surface area (Å²) in [4.78, 5) is 73.3. The van der Waals surface area contributed by atoms with Crippen LogP contribution in [0.2, 0.25) is 0 Å². The van der Waals surface area contributed by atoms with Crippen LogP contribution in [0.25, 0.3) is 33.6 Å². The van der Waals surface area contributed by atoms with E-state index in [0.29, 0.717) is 38.6 Å². The highest BCUT2D eigenvalue weighted by molar-refractivity contribution is 5.88. The lowest BCUT2D eigenvalue weighted by Gasteiger charge is -2.30. The van der Waals surface area contributed by atoms with E-state index in [1.54, 1.807) is 0 Å². The van der Waals surface area contributed by atoms with Crippen molar-refractivity contribution in [2.75, 3.05) is 40.5 Å². The van der Waals surface area contributed by atoms with Crippen molar-refractivity contribution in [1.29, 1.82) is 0 Å². The van der Waals surface area contributed by atoms with Crippen molar-refractivity contribution in [3.8, 4) is 39.4 Å². The van der Waals surface area contributed by atoms with E-state index in [4.69, 9.17) is 28.9 Å². The number of carbonyl (C=O) groups excluding carboxylic acids is 4. The first-order valence-electron chi connectivity index (χ1n) is 23.9. The molecule has 9 rings (SSSR count). The summed E-state index contributed by atoms with van der Waals surface area (Å²) in [5.74, 6) is 2.46. The molecule has 3 fully saturated rings. The average molecular weight is 905 g/mol. The quantitative estimate of drug-likeness (QED) is 0.104. The van der Waals surface area contributed by atoms with Crippen LogP contribution >= 0.6 is 0 Å². The van der Waals surface area contributed by atoms with Crippen LogP contribution < -0.4 is 15.4 Å². The Morgan fingerprint density at radius 3 is 2.20 bits per heavy atom. The Balaban J connectivity index is 0.937. The van der Waals surface area contributed by atoms with Gasteiger partial charge in [-0.2, -0.15) is 0 Å². The lowest BCUT2D eigenvalue weighted by Crippen LogP contribution is -2.51. The van der Waals surface area contributed by atoms with Gasteiger partial charge in [-0.05, 0) is 103 Å². The van der Waals surface area contributed by atoms with Crippen LogP contribution in [0.5, 0.6) is 5.75 Å². The SMILES string of the molecule is COC(=O)N[C@H](C(=O)N1CCC[C@H]1c1ncc(-c2ccc3c(c2)COc2cc4c(cc2-3)CCc2nc([C@@H]3C[C@@H](COCC5CCCC5)CN3C(=O)[C@@H](NC(=O)OC)C(C)C)[nH]c2-4)[nH]1)C(C)C. The molecule has 2 aromatic heterocycles. The Hall–Kier alpha value is -5.90. The number of benzene rings is 2. The molecule has 0 bridgehead atoms. The number of nitrogens with one attached hydrogen (secondary N) is 4. The molecule has 5 aliphatic rings. The van der Waals surface area contributed by atoms with Gasteiger partial charge in [-0.25, -0.2) is 19.6 Å². The second-order valence-corrected chi connectivity index (χ2v) is 19.5. The van der Waals surface area contributed by atoms with Gasteiger partial charge < -0.3 is 49.3 Å². The Morgan fingerprint density at radius 2 is 1.48 bits per heavy atom. The standard InChI is InChI=1S/C50H64N8O8/c1-27(2)42(55-49(61)63-5)47(59)57-17-9-12-39(57)45-51-22-38(53-45)32-13-15-34-33(19-32)26-66-41-21-35-31(20-36(34)41)14-16-37-44(35)54-46(52-37)40-18-30(25-65-24-29-10-7-8-11-29)23-58(40)48(60)43(28(3)4)56-50(62)64-6/h13,15,19-22,27-30,39-40,42-43H,7-12,14,16-18,23-26H2,1-6H3,(H,51,53)(H,52,54)(H,55,61)(H,56,62)/t30-,39+,40+,42+,43+/m1/s1. The molecule has 2 saturated heterocycles. The molecule has 5 heterocycles. The molecular weight excluding hydrogens is 841 g/mol. The molecule has 0 radical (unpaired) electrons. The van der Waals surface area contributed by atoms with Crippen LogP contribution in [-0.2, 0) is 43.2 Å². The van der Waals surface area contributed by atoms with Gasteiger partial charge in [0, 0.05) is 36.7 Å². The van der Waals surface area contributed by atoms with E-state index in [0.717, 1.165) is 94.6 Å². The number of methoxy groups -OCH3 is 2. The molecular formula is C50H64N8O8. The number of carbonyl (C=O) groups is 4. The van der Waals surface area contributed by atoms with Gasteiger partial charge in [-0.15, -0.1) is 0 Å². The third-order valence-corrected chi connectivity index (χ3v) is 14.4. The summed E-state index contributed by atoms with van der Waals surface area (Å²) in [6.45, 7) is 10.5. The number of nitrogens with zero attached hydrogens (tertiary/aromatic N) is 4. The molecule has 1 saturated carbocycles. The molecule has 0 unspecified atom stereocenters. The number of rotatable bonds is 13. The smallest absolute Gasteiger partial charge is 0.407 e. The van der Waals surface area contributed by atoms with Crippen LogP contribution in [0.15, 0.2) is 36.5 Å². The second-order valence-electron chi connectivity index (χ2n) is 19.5. The van der Waals surface area contributed by atoms with Crippen LogP contribution in [0.4, 0.5) is 9.59 Å². The van der Waals surface area contributed by atoms with Crippen LogP contribution in [0.3, 0.4) is 0 Å². The van der Waals surface area contributed by atoms with Crippen molar-refractivity contribution in [2.45, 2.75) is 116 Å². The number of amides is 4. The molecule has 16 heteroatoms. The number of alkyl carbamates (subject to hydrolysis) is 2. The highest BCUT2D eigenvalue weighted by Gasteiger charge is 2.43. The number of fused-ring (bicyclic) bond motifs is 6. The number of aryl methyl sites for hydroxylation is 2. The monoisotopic (exact) mass is 904 g/mol. The number of hydrogen-bond donors (Lipinski definition) is 4. The second kappa shape index (κ2) is 19.1. The number of hydrogen-bond acceptors (Lipinski definition) is 10. The third-order valence-electron chi connectivity index (χ3n) is 14.4. The van der Waals surface area contributed by atoms with E-state index in [1.807, 2.05) is 43.7 Å². The summed E-state index contributed by atoms with van der Waals surface area (Å²) in [5, 5.41) is 5.51. The Labute approximate surface area is 386 Å². The van der Waals surface area contributed by atoms with Crippen molar-refractivity contribution >= 4 is 24.0 Å². The zero-order valence-electron chi connectivity index (χ0n) is 39.0. The molecule has 352 valence electrons. The lowest BCUT2D eigenvalue weighted by molar-refractivity contribution is -0.136. The number of likely N-dealkylation sites (tertiary alicyclic amines) is 2. The molecule has 5 atom stereocenters. The van der Waals surface area contributed by atoms with Crippen LogP contribution in [-0.4, -0.2) is 106 Å². The van der Waals surface area contributed by atoms with Gasteiger partial charge in [0.1, 0.15) is 36.1 Å². The number of H-pyrrole nitrogens is 2. The minimum Gasteiger partial charge on any atom is -0.488 e. The van der Waals surface area contributed by atoms with Crippen molar-refractivity contribution in [3.05, 3.63) is 65.0 Å². The molecule has 2 aliphatic carbocycles. The van der Waals surface area contributed by atoms with E-state index >= 15 is 0 Å². The summed E-state index contributed by atoms with van der Waals surface area (Å²) in [5.41, 5.74) is 9.23. The Kier molecular flexibility index (Phi) is 13.1. The van der Waals surface area contributed by atoms with Crippen molar-refractivity contribution in [1.82, 2.24) is 40.4 Å². The topological polar surface area (TPSA) is 193 Å². The minimum absolute atomic E-state index is 0.117. The molecule has 4 aromatic rings. The van der Waals surface area contributed by atoms with Gasteiger partial charge in [0.15, 0.2) is 0 Å². The van der Waals surface area contributed by atoms with Crippen LogP contribution in [0.1, 0.15) is 113 Å². The summed E-state index contributed by atoms with van der Waals surface area (Å²) >= 11 is 0. The molecule has 2 aromatic carbocycles. The van der Waals surface area contributed by atoms with E-state index in [-0.39, 0.29) is 41.7 Å². The maximum absolute atomic E-state index is 14.3. The van der Waals surface area contributed by atoms with E-state index < -0.39 is 24.3 Å². The maximum Gasteiger partial charge on any atom is 0.407 e. The van der Waals surface area contributed by atoms with Gasteiger partial charge in [0.05, 0.1) is 56.2 Å². The van der Waals surface area contributed by atoms with Gasteiger partial charge >= 0.3 is 12.2 Å². The van der Waals surface area contributed by atoms with Gasteiger partial charge in [0.25, 0.3) is 0 Å².